The highest BCUT2D eigenvalue weighted by Gasteiger charge is 2.23. The van der Waals surface area contributed by atoms with Crippen LogP contribution in [0, 0.1) is 0 Å². The van der Waals surface area contributed by atoms with Crippen molar-refractivity contribution in [3.05, 3.63) is 35.9 Å². The first-order valence-electron chi connectivity index (χ1n) is 6.78. The zero-order chi connectivity index (χ0) is 16.6. The van der Waals surface area contributed by atoms with Gasteiger partial charge >= 0.3 is 12.1 Å². The van der Waals surface area contributed by atoms with Crippen molar-refractivity contribution in [2.45, 2.75) is 38.2 Å². The second-order valence-electron chi connectivity index (χ2n) is 5.57. The SMILES string of the molecule is CC(C)(C)OC(=O)N[C@@H](CSSCc1ccccc1)C(=O)O. The van der Waals surface area contributed by atoms with E-state index < -0.39 is 23.7 Å². The second kappa shape index (κ2) is 8.95. The summed E-state index contributed by atoms with van der Waals surface area (Å²) in [7, 11) is 2.96. The Morgan fingerprint density at radius 2 is 1.86 bits per heavy atom. The molecule has 0 saturated heterocycles. The number of carboxylic acid groups (broad SMARTS) is 1. The number of aliphatic carboxylic acids is 1. The quantitative estimate of drug-likeness (QED) is 0.582. The third-order valence-corrected chi connectivity index (χ3v) is 4.72. The van der Waals surface area contributed by atoms with Gasteiger partial charge < -0.3 is 15.2 Å². The molecule has 1 aromatic rings. The summed E-state index contributed by atoms with van der Waals surface area (Å²) in [4.78, 5) is 22.8. The molecule has 0 aliphatic heterocycles. The fourth-order valence-corrected chi connectivity index (χ4v) is 3.65. The van der Waals surface area contributed by atoms with Crippen LogP contribution >= 0.6 is 21.6 Å². The van der Waals surface area contributed by atoms with E-state index in [9.17, 15) is 9.59 Å². The number of rotatable bonds is 7. The first kappa shape index (κ1) is 18.7. The van der Waals surface area contributed by atoms with E-state index >= 15 is 0 Å². The highest BCUT2D eigenvalue weighted by Crippen LogP contribution is 2.26. The number of carbonyl (C=O) groups excluding carboxylic acids is 1. The minimum atomic E-state index is -1.07. The minimum absolute atomic E-state index is 0.270. The number of hydrogen-bond donors (Lipinski definition) is 2. The van der Waals surface area contributed by atoms with Gasteiger partial charge in [-0.15, -0.1) is 0 Å². The van der Waals surface area contributed by atoms with Crippen LogP contribution in [0.4, 0.5) is 4.79 Å². The van der Waals surface area contributed by atoms with Gasteiger partial charge in [-0.1, -0.05) is 51.9 Å². The molecule has 0 saturated carbocycles. The first-order chi connectivity index (χ1) is 10.3. The van der Waals surface area contributed by atoms with E-state index in [1.165, 1.54) is 16.4 Å². The van der Waals surface area contributed by atoms with Crippen molar-refractivity contribution in [3.8, 4) is 0 Å². The van der Waals surface area contributed by atoms with E-state index in [0.717, 1.165) is 5.75 Å². The van der Waals surface area contributed by atoms with Crippen LogP contribution in [0.15, 0.2) is 30.3 Å². The summed E-state index contributed by atoms with van der Waals surface area (Å²) in [6, 6.07) is 8.94. The summed E-state index contributed by atoms with van der Waals surface area (Å²) in [6.45, 7) is 5.19. The molecule has 2 N–H and O–H groups in total. The maximum Gasteiger partial charge on any atom is 0.408 e. The Kier molecular flexibility index (Phi) is 7.61. The summed E-state index contributed by atoms with van der Waals surface area (Å²) < 4.78 is 5.06. The van der Waals surface area contributed by atoms with Crippen LogP contribution in [0.2, 0.25) is 0 Å². The van der Waals surface area contributed by atoms with Crippen LogP contribution in [-0.2, 0) is 15.3 Å². The Bertz CT molecular complexity index is 488. The van der Waals surface area contributed by atoms with Crippen molar-refractivity contribution in [2.75, 3.05) is 5.75 Å². The van der Waals surface area contributed by atoms with Crippen molar-refractivity contribution >= 4 is 33.7 Å². The van der Waals surface area contributed by atoms with Crippen LogP contribution in [0.5, 0.6) is 0 Å². The average Bonchev–Trinajstić information content (AvgIpc) is 2.41. The van der Waals surface area contributed by atoms with Gasteiger partial charge in [-0.3, -0.25) is 0 Å². The topological polar surface area (TPSA) is 75.6 Å². The number of carboxylic acids is 1. The Morgan fingerprint density at radius 3 is 2.41 bits per heavy atom. The lowest BCUT2D eigenvalue weighted by molar-refractivity contribution is -0.138. The molecule has 0 spiro atoms. The number of nitrogens with one attached hydrogen (secondary N) is 1. The molecule has 0 bridgehead atoms. The van der Waals surface area contributed by atoms with Gasteiger partial charge in [0.15, 0.2) is 0 Å². The monoisotopic (exact) mass is 343 g/mol. The first-order valence-corrected chi connectivity index (χ1v) is 9.27. The normalized spacial score (nSPS) is 12.5. The van der Waals surface area contributed by atoms with Crippen LogP contribution < -0.4 is 5.32 Å². The van der Waals surface area contributed by atoms with Crippen molar-refractivity contribution in [1.82, 2.24) is 5.32 Å². The largest absolute Gasteiger partial charge is 0.480 e. The van der Waals surface area contributed by atoms with Gasteiger partial charge in [-0.2, -0.15) is 0 Å². The zero-order valence-corrected chi connectivity index (χ0v) is 14.5. The van der Waals surface area contributed by atoms with Crippen molar-refractivity contribution < 1.29 is 19.4 Å². The maximum absolute atomic E-state index is 11.6. The molecule has 1 amide bonds. The van der Waals surface area contributed by atoms with Gasteiger partial charge in [0.1, 0.15) is 11.6 Å². The van der Waals surface area contributed by atoms with Crippen LogP contribution in [0.3, 0.4) is 0 Å². The van der Waals surface area contributed by atoms with Crippen LogP contribution in [0.25, 0.3) is 0 Å². The summed E-state index contributed by atoms with van der Waals surface area (Å²) in [5.74, 6) is -0.0187. The van der Waals surface area contributed by atoms with Crippen molar-refractivity contribution in [2.24, 2.45) is 0 Å². The van der Waals surface area contributed by atoms with Gasteiger partial charge in [0.05, 0.1) is 0 Å². The van der Waals surface area contributed by atoms with Gasteiger partial charge in [-0.05, 0) is 26.3 Å². The molecule has 0 aliphatic rings. The molecule has 0 radical (unpaired) electrons. The van der Waals surface area contributed by atoms with Crippen LogP contribution in [0.1, 0.15) is 26.3 Å². The highest BCUT2D eigenvalue weighted by molar-refractivity contribution is 8.76. The van der Waals surface area contributed by atoms with E-state index in [4.69, 9.17) is 9.84 Å². The number of ether oxygens (including phenoxy) is 1. The molecular weight excluding hydrogens is 322 g/mol. The summed E-state index contributed by atoms with van der Waals surface area (Å²) in [6.07, 6.45) is -0.714. The number of alkyl carbamates (subject to hydrolysis) is 1. The van der Waals surface area contributed by atoms with Gasteiger partial charge in [-0.25, -0.2) is 9.59 Å². The number of hydrogen-bond acceptors (Lipinski definition) is 5. The van der Waals surface area contributed by atoms with Crippen LogP contribution in [-0.4, -0.2) is 34.6 Å². The molecule has 7 heteroatoms. The molecule has 1 atom stereocenters. The fraction of sp³-hybridized carbons (Fsp3) is 0.467. The molecule has 0 fully saturated rings. The predicted octanol–water partition coefficient (Wildman–Crippen LogP) is 3.55. The standard InChI is InChI=1S/C15H21NO4S2/c1-15(2,3)20-14(19)16-12(13(17)18)10-22-21-9-11-7-5-4-6-8-11/h4-8,12H,9-10H2,1-3H3,(H,16,19)(H,17,18)/t12-/m0/s1. The van der Waals surface area contributed by atoms with Gasteiger partial charge in [0.2, 0.25) is 0 Å². The Morgan fingerprint density at radius 1 is 1.23 bits per heavy atom. The lowest BCUT2D eigenvalue weighted by Crippen LogP contribution is -2.44. The summed E-state index contributed by atoms with van der Waals surface area (Å²) in [5.41, 5.74) is 0.523. The molecule has 0 aromatic heterocycles. The Balaban J connectivity index is 2.35. The van der Waals surface area contributed by atoms with Gasteiger partial charge in [0, 0.05) is 11.5 Å². The molecular formula is C15H21NO4S2. The lowest BCUT2D eigenvalue weighted by Gasteiger charge is -2.21. The smallest absolute Gasteiger partial charge is 0.408 e. The molecule has 1 rings (SSSR count). The third-order valence-electron chi connectivity index (χ3n) is 2.38. The van der Waals surface area contributed by atoms with Gasteiger partial charge in [0.25, 0.3) is 0 Å². The van der Waals surface area contributed by atoms with Crippen molar-refractivity contribution in [3.63, 3.8) is 0 Å². The molecule has 0 heterocycles. The highest BCUT2D eigenvalue weighted by atomic mass is 33.1. The molecule has 1 aromatic carbocycles. The Labute approximate surface area is 138 Å². The van der Waals surface area contributed by atoms with E-state index in [-0.39, 0.29) is 5.75 Å². The third kappa shape index (κ3) is 8.19. The number of carbonyl (C=O) groups is 2. The zero-order valence-electron chi connectivity index (χ0n) is 12.9. The lowest BCUT2D eigenvalue weighted by atomic mass is 10.2. The predicted molar refractivity (Wildman–Crippen MR) is 91.0 cm³/mol. The van der Waals surface area contributed by atoms with E-state index in [1.807, 2.05) is 30.3 Å². The number of benzene rings is 1. The molecule has 122 valence electrons. The Hall–Kier alpha value is -1.34. The minimum Gasteiger partial charge on any atom is -0.480 e. The number of amides is 1. The van der Waals surface area contributed by atoms with E-state index in [1.54, 1.807) is 31.6 Å². The van der Waals surface area contributed by atoms with Crippen molar-refractivity contribution in [1.29, 1.82) is 0 Å². The summed E-state index contributed by atoms with van der Waals surface area (Å²) in [5, 5.41) is 11.5. The fourth-order valence-electron chi connectivity index (χ4n) is 1.42. The molecule has 0 aliphatic carbocycles. The maximum atomic E-state index is 11.6. The molecule has 22 heavy (non-hydrogen) atoms. The van der Waals surface area contributed by atoms with E-state index in [2.05, 4.69) is 5.32 Å². The summed E-state index contributed by atoms with van der Waals surface area (Å²) >= 11 is 0. The second-order valence-corrected chi connectivity index (χ2v) is 8.08. The molecule has 0 unspecified atom stereocenters. The molecule has 5 nitrogen and oxygen atoms in total. The van der Waals surface area contributed by atoms with E-state index in [0.29, 0.717) is 0 Å². The average molecular weight is 343 g/mol.